The summed E-state index contributed by atoms with van der Waals surface area (Å²) in [4.78, 5) is 38.4. The molecule has 3 N–H and O–H groups in total. The maximum Gasteiger partial charge on any atom is 0.328 e. The quantitative estimate of drug-likeness (QED) is 0.156. The molecule has 1 heterocycles. The van der Waals surface area contributed by atoms with E-state index in [0.717, 1.165) is 41.8 Å². The van der Waals surface area contributed by atoms with Gasteiger partial charge in [0.25, 0.3) is 5.91 Å². The van der Waals surface area contributed by atoms with Crippen LogP contribution in [-0.4, -0.2) is 39.6 Å². The van der Waals surface area contributed by atoms with Gasteiger partial charge in [0.2, 0.25) is 5.91 Å². The zero-order chi connectivity index (χ0) is 32.3. The van der Waals surface area contributed by atoms with E-state index in [1.807, 2.05) is 25.1 Å². The third-order valence-corrected chi connectivity index (χ3v) is 9.48. The number of hydrogen-bond donors (Lipinski definition) is 3. The van der Waals surface area contributed by atoms with Crippen LogP contribution in [0.3, 0.4) is 0 Å². The van der Waals surface area contributed by atoms with Gasteiger partial charge in [-0.15, -0.1) is 0 Å². The Labute approximate surface area is 269 Å². The number of aliphatic carboxylic acids is 1. The van der Waals surface area contributed by atoms with Crippen LogP contribution < -0.4 is 15.4 Å². The van der Waals surface area contributed by atoms with Crippen molar-refractivity contribution in [3.63, 3.8) is 0 Å². The second-order valence-corrected chi connectivity index (χ2v) is 12.4. The van der Waals surface area contributed by atoms with E-state index < -0.39 is 11.5 Å². The summed E-state index contributed by atoms with van der Waals surface area (Å²) in [6.07, 6.45) is 10.4. The Morgan fingerprint density at radius 2 is 1.74 bits per heavy atom. The molecule has 2 saturated carbocycles. The smallest absolute Gasteiger partial charge is 0.328 e. The highest BCUT2D eigenvalue weighted by atomic mass is 16.5. The molecule has 46 heavy (non-hydrogen) atoms. The summed E-state index contributed by atoms with van der Waals surface area (Å²) >= 11 is 0. The molecule has 8 nitrogen and oxygen atoms in total. The number of fused-ring (bicyclic) bond motifs is 1. The number of carboxylic acids is 1. The van der Waals surface area contributed by atoms with Gasteiger partial charge in [-0.3, -0.25) is 9.59 Å². The van der Waals surface area contributed by atoms with Gasteiger partial charge >= 0.3 is 5.97 Å². The van der Waals surface area contributed by atoms with Crippen molar-refractivity contribution >= 4 is 40.4 Å². The number of nitrogens with one attached hydrogen (secondary N) is 2. The Morgan fingerprint density at radius 1 is 0.978 bits per heavy atom. The van der Waals surface area contributed by atoms with E-state index in [0.29, 0.717) is 48.1 Å². The van der Waals surface area contributed by atoms with E-state index in [2.05, 4.69) is 52.5 Å². The van der Waals surface area contributed by atoms with Gasteiger partial charge in [0.1, 0.15) is 11.3 Å². The van der Waals surface area contributed by atoms with Crippen LogP contribution in [0.1, 0.15) is 85.8 Å². The molecular weight excluding hydrogens is 578 g/mol. The first-order valence-electron chi connectivity index (χ1n) is 16.3. The van der Waals surface area contributed by atoms with Crippen molar-refractivity contribution in [1.82, 2.24) is 9.88 Å². The van der Waals surface area contributed by atoms with Crippen molar-refractivity contribution in [2.75, 3.05) is 11.9 Å². The summed E-state index contributed by atoms with van der Waals surface area (Å²) in [5.74, 6) is -1.15. The Morgan fingerprint density at radius 3 is 2.41 bits per heavy atom. The number of benzene rings is 3. The van der Waals surface area contributed by atoms with Crippen molar-refractivity contribution in [1.29, 1.82) is 0 Å². The highest BCUT2D eigenvalue weighted by Gasteiger charge is 2.45. The lowest BCUT2D eigenvalue weighted by Gasteiger charge is -2.40. The third-order valence-electron chi connectivity index (χ3n) is 9.48. The fourth-order valence-electron chi connectivity index (χ4n) is 6.96. The molecule has 2 amide bonds. The first kappa shape index (κ1) is 31.1. The van der Waals surface area contributed by atoms with Gasteiger partial charge in [-0.2, -0.15) is 0 Å². The Bertz CT molecular complexity index is 1800. The van der Waals surface area contributed by atoms with Gasteiger partial charge in [0, 0.05) is 45.9 Å². The number of carbonyl (C=O) groups is 3. The molecule has 0 unspecified atom stereocenters. The fraction of sp³-hybridized carbons (Fsp3) is 0.342. The molecule has 0 bridgehead atoms. The van der Waals surface area contributed by atoms with Crippen molar-refractivity contribution in [3.8, 4) is 17.0 Å². The van der Waals surface area contributed by atoms with E-state index in [1.165, 1.54) is 36.6 Å². The molecule has 0 radical (unpaired) electrons. The van der Waals surface area contributed by atoms with Crippen molar-refractivity contribution in [2.45, 2.75) is 76.8 Å². The SMILES string of the molecule is CCOc1cc(NC(=O)C2(NC(=O)c3ccc4c(c3)c(C)c(-c3ccccc3)n4C3CCCCC3)CCC2)ccc1/C=C/C(=O)O. The second kappa shape index (κ2) is 13.3. The number of aromatic nitrogens is 1. The summed E-state index contributed by atoms with van der Waals surface area (Å²) in [6.45, 7) is 4.36. The Balaban J connectivity index is 1.26. The molecule has 1 aromatic heterocycles. The largest absolute Gasteiger partial charge is 0.493 e. The molecule has 238 valence electrons. The van der Waals surface area contributed by atoms with Crippen molar-refractivity contribution in [2.24, 2.45) is 0 Å². The van der Waals surface area contributed by atoms with Gasteiger partial charge in [-0.25, -0.2) is 4.79 Å². The number of carbonyl (C=O) groups excluding carboxylic acids is 2. The molecule has 0 aliphatic heterocycles. The van der Waals surface area contributed by atoms with Crippen molar-refractivity contribution in [3.05, 3.63) is 89.5 Å². The van der Waals surface area contributed by atoms with Crippen LogP contribution >= 0.6 is 0 Å². The monoisotopic (exact) mass is 619 g/mol. The molecule has 3 aromatic carbocycles. The number of amides is 2. The number of anilines is 1. The normalized spacial score (nSPS) is 16.2. The standard InChI is InChI=1S/C38H41N3O5/c1-3-46-33-24-29(18-15-26(33)17-20-34(42)43)39-37(45)38(21-10-22-38)40-36(44)28-16-19-32-31(23-28)25(2)35(27-11-6-4-7-12-27)41(32)30-13-8-5-9-14-30/h4,6-7,11-12,15-20,23-24,30H,3,5,8-10,13-14,21-22H2,1-2H3,(H,39,45)(H,40,44)(H,42,43)/b20-17+. The van der Waals surface area contributed by atoms with Crippen LogP contribution in [0.25, 0.3) is 28.2 Å². The number of hydrogen-bond acceptors (Lipinski definition) is 4. The van der Waals surface area contributed by atoms with Gasteiger partial charge in [-0.05, 0) is 93.5 Å². The Kier molecular flexibility index (Phi) is 8.97. The summed E-state index contributed by atoms with van der Waals surface area (Å²) in [5.41, 5.74) is 5.30. The van der Waals surface area contributed by atoms with Crippen LogP contribution in [0.15, 0.2) is 72.8 Å². The van der Waals surface area contributed by atoms with E-state index >= 15 is 0 Å². The maximum atomic E-state index is 13.8. The molecule has 2 aliphatic rings. The maximum absolute atomic E-state index is 13.8. The number of ether oxygens (including phenoxy) is 1. The second-order valence-electron chi connectivity index (χ2n) is 12.4. The molecule has 2 aliphatic carbocycles. The lowest BCUT2D eigenvalue weighted by atomic mass is 9.75. The average molecular weight is 620 g/mol. The van der Waals surface area contributed by atoms with Crippen LogP contribution in [0.4, 0.5) is 5.69 Å². The van der Waals surface area contributed by atoms with Crippen molar-refractivity contribution < 1.29 is 24.2 Å². The number of rotatable bonds is 10. The molecule has 2 fully saturated rings. The summed E-state index contributed by atoms with van der Waals surface area (Å²) in [7, 11) is 0. The molecule has 4 aromatic rings. The highest BCUT2D eigenvalue weighted by molar-refractivity contribution is 6.06. The van der Waals surface area contributed by atoms with E-state index in [4.69, 9.17) is 9.84 Å². The Hall–Kier alpha value is -4.85. The van der Waals surface area contributed by atoms with E-state index in [1.54, 1.807) is 18.2 Å². The van der Waals surface area contributed by atoms with Crippen LogP contribution in [0, 0.1) is 6.92 Å². The lowest BCUT2D eigenvalue weighted by Crippen LogP contribution is -2.61. The zero-order valence-electron chi connectivity index (χ0n) is 26.5. The molecule has 8 heteroatoms. The minimum atomic E-state index is -1.06. The highest BCUT2D eigenvalue weighted by Crippen LogP contribution is 2.41. The van der Waals surface area contributed by atoms with Crippen LogP contribution in [0.5, 0.6) is 5.75 Å². The van der Waals surface area contributed by atoms with Gasteiger partial charge in [0.15, 0.2) is 0 Å². The molecule has 0 atom stereocenters. The number of carboxylic acid groups (broad SMARTS) is 1. The molecular formula is C38H41N3O5. The lowest BCUT2D eigenvalue weighted by molar-refractivity contribution is -0.131. The fourth-order valence-corrected chi connectivity index (χ4v) is 6.96. The average Bonchev–Trinajstić information content (AvgIpc) is 3.34. The zero-order valence-corrected chi connectivity index (χ0v) is 26.5. The minimum Gasteiger partial charge on any atom is -0.493 e. The van der Waals surface area contributed by atoms with Crippen LogP contribution in [0.2, 0.25) is 0 Å². The van der Waals surface area contributed by atoms with Gasteiger partial charge in [-0.1, -0.05) is 49.6 Å². The predicted molar refractivity (Wildman–Crippen MR) is 181 cm³/mol. The predicted octanol–water partition coefficient (Wildman–Crippen LogP) is 7.91. The summed E-state index contributed by atoms with van der Waals surface area (Å²) in [6, 6.07) is 21.9. The number of nitrogens with zero attached hydrogens (tertiary/aromatic N) is 1. The first-order valence-corrected chi connectivity index (χ1v) is 16.3. The number of aryl methyl sites for hydroxylation is 1. The van der Waals surface area contributed by atoms with E-state index in [-0.39, 0.29) is 11.8 Å². The van der Waals surface area contributed by atoms with Gasteiger partial charge < -0.3 is 25.0 Å². The third kappa shape index (κ3) is 6.16. The first-order chi connectivity index (χ1) is 22.3. The molecule has 6 rings (SSSR count). The van der Waals surface area contributed by atoms with E-state index in [9.17, 15) is 14.4 Å². The topological polar surface area (TPSA) is 110 Å². The summed E-state index contributed by atoms with van der Waals surface area (Å²) < 4.78 is 8.20. The van der Waals surface area contributed by atoms with Gasteiger partial charge in [0.05, 0.1) is 12.3 Å². The van der Waals surface area contributed by atoms with Crippen LogP contribution in [-0.2, 0) is 9.59 Å². The molecule has 0 spiro atoms. The minimum absolute atomic E-state index is 0.271. The summed E-state index contributed by atoms with van der Waals surface area (Å²) in [5, 5.41) is 16.1. The molecule has 0 saturated heterocycles.